The van der Waals surface area contributed by atoms with Crippen molar-refractivity contribution in [3.05, 3.63) is 28.0 Å². The Morgan fingerprint density at radius 3 is 2.48 bits per heavy atom. The van der Waals surface area contributed by atoms with Gasteiger partial charge in [0.15, 0.2) is 11.0 Å². The van der Waals surface area contributed by atoms with Gasteiger partial charge in [-0.05, 0) is 26.2 Å². The normalized spacial score (nSPS) is 10.8. The van der Waals surface area contributed by atoms with Crippen LogP contribution >= 0.6 is 23.2 Å². The molecule has 0 aliphatic carbocycles. The molecule has 0 saturated heterocycles. The first kappa shape index (κ1) is 20.5. The van der Waals surface area contributed by atoms with E-state index in [0.717, 1.165) is 42.8 Å². The predicted molar refractivity (Wildman–Crippen MR) is 88.7 cm³/mol. The van der Waals surface area contributed by atoms with Gasteiger partial charge in [-0.2, -0.15) is 0 Å². The molecule has 0 aliphatic rings. The summed E-state index contributed by atoms with van der Waals surface area (Å²) in [6.07, 6.45) is 2.80. The van der Waals surface area contributed by atoms with Gasteiger partial charge in [-0.15, -0.1) is 0 Å². The lowest BCUT2D eigenvalue weighted by Gasteiger charge is -2.01. The van der Waals surface area contributed by atoms with Gasteiger partial charge in [-0.25, -0.2) is 9.13 Å². The molecule has 1 aromatic heterocycles. The molecule has 2 rings (SSSR count). The minimum absolute atomic E-state index is 0. The number of aliphatic carboxylic acids is 1. The molecule has 1 heterocycles. The van der Waals surface area contributed by atoms with Crippen molar-refractivity contribution in [2.75, 3.05) is 0 Å². The summed E-state index contributed by atoms with van der Waals surface area (Å²) in [5.41, 5.74) is 2.16. The number of imidazole rings is 1. The van der Waals surface area contributed by atoms with E-state index in [1.807, 2.05) is 12.1 Å². The van der Waals surface area contributed by atoms with Crippen LogP contribution in [-0.4, -0.2) is 15.6 Å². The van der Waals surface area contributed by atoms with E-state index in [1.54, 1.807) is 0 Å². The number of carboxylic acid groups (broad SMARTS) is 1. The lowest BCUT2D eigenvalue weighted by molar-refractivity contribution is -0.675. The summed E-state index contributed by atoms with van der Waals surface area (Å²) >= 11 is 12.3. The molecule has 0 fully saturated rings. The molecule has 0 spiro atoms. The van der Waals surface area contributed by atoms with Gasteiger partial charge in [-0.3, -0.25) is 4.79 Å². The van der Waals surface area contributed by atoms with Crippen molar-refractivity contribution in [1.82, 2.24) is 4.57 Å². The van der Waals surface area contributed by atoms with Crippen LogP contribution in [0.4, 0.5) is 0 Å². The first-order valence-corrected chi connectivity index (χ1v) is 8.30. The Morgan fingerprint density at radius 1 is 1.22 bits per heavy atom. The van der Waals surface area contributed by atoms with Crippen molar-refractivity contribution in [3.63, 3.8) is 0 Å². The van der Waals surface area contributed by atoms with Gasteiger partial charge in [0, 0.05) is 25.5 Å². The molecule has 2 aromatic rings. The first-order valence-electron chi connectivity index (χ1n) is 7.55. The number of nitrogens with zero attached hydrogens (tertiary/aromatic N) is 2. The number of benzene rings is 1. The van der Waals surface area contributed by atoms with Crippen molar-refractivity contribution < 1.29 is 38.4 Å². The summed E-state index contributed by atoms with van der Waals surface area (Å²) in [5, 5.41) is 9.79. The largest absolute Gasteiger partial charge is 1.00 e. The van der Waals surface area contributed by atoms with E-state index in [4.69, 9.17) is 28.3 Å². The van der Waals surface area contributed by atoms with Gasteiger partial charge < -0.3 is 29.1 Å². The Morgan fingerprint density at radius 2 is 1.87 bits per heavy atom. The van der Waals surface area contributed by atoms with Gasteiger partial charge in [0.05, 0.1) is 23.1 Å². The second-order valence-corrected chi connectivity index (χ2v) is 6.22. The Bertz CT molecular complexity index is 701. The molecule has 1 N–H and O–H groups in total. The maximum absolute atomic E-state index is 10.5. The average molecular weight is 471 g/mol. The van der Waals surface area contributed by atoms with E-state index >= 15 is 0 Å². The minimum Gasteiger partial charge on any atom is -1.00 e. The number of unbranched alkanes of at least 4 members (excludes halogenated alkanes) is 2. The maximum atomic E-state index is 10.5. The number of fused-ring (bicyclic) bond motifs is 1. The van der Waals surface area contributed by atoms with Gasteiger partial charge in [0.2, 0.25) is 0 Å². The highest BCUT2D eigenvalue weighted by Gasteiger charge is 2.21. The van der Waals surface area contributed by atoms with Gasteiger partial charge in [0.25, 0.3) is 5.82 Å². The standard InChI is InChI=1S/C16H20Cl2N2O2.HI/c1-3-19-11(2)20(8-6-4-5-7-16(21)22)15-10-13(18)12(17)9-14(15)19;/h9-10H,3-8H2,1-2H3;1H. The number of carbonyl (C=O) groups is 1. The highest BCUT2D eigenvalue weighted by Crippen LogP contribution is 2.28. The smallest absolute Gasteiger partial charge is 0.303 e. The van der Waals surface area contributed by atoms with Crippen LogP contribution in [0.5, 0.6) is 0 Å². The Hall–Kier alpha value is -0.530. The van der Waals surface area contributed by atoms with E-state index in [2.05, 4.69) is 23.0 Å². The summed E-state index contributed by atoms with van der Waals surface area (Å²) in [6, 6.07) is 3.83. The number of rotatable bonds is 7. The van der Waals surface area contributed by atoms with E-state index < -0.39 is 5.97 Å². The lowest BCUT2D eigenvalue weighted by Crippen LogP contribution is -3.00. The van der Waals surface area contributed by atoms with Gasteiger partial charge in [0.1, 0.15) is 0 Å². The number of hydrogen-bond acceptors (Lipinski definition) is 1. The third-order valence-corrected chi connectivity index (χ3v) is 4.69. The number of aromatic nitrogens is 2. The van der Waals surface area contributed by atoms with E-state index in [-0.39, 0.29) is 30.4 Å². The van der Waals surface area contributed by atoms with Crippen LogP contribution in [0.1, 0.15) is 38.4 Å². The molecule has 0 atom stereocenters. The number of halogens is 3. The molecule has 7 heteroatoms. The topological polar surface area (TPSA) is 46.1 Å². The summed E-state index contributed by atoms with van der Waals surface area (Å²) in [4.78, 5) is 10.5. The summed E-state index contributed by atoms with van der Waals surface area (Å²) in [6.45, 7) is 5.91. The molecular weight excluding hydrogens is 450 g/mol. The molecule has 0 radical (unpaired) electrons. The monoisotopic (exact) mass is 470 g/mol. The van der Waals surface area contributed by atoms with E-state index in [9.17, 15) is 4.79 Å². The number of aryl methyl sites for hydroxylation is 2. The zero-order valence-electron chi connectivity index (χ0n) is 13.3. The average Bonchev–Trinajstić information content (AvgIpc) is 2.70. The maximum Gasteiger partial charge on any atom is 0.303 e. The number of hydrogen-bond donors (Lipinski definition) is 1. The second-order valence-electron chi connectivity index (χ2n) is 5.40. The quantitative estimate of drug-likeness (QED) is 0.375. The SMILES string of the molecule is CC[n+]1c(C)n(CCCCCC(=O)O)c2cc(Cl)c(Cl)cc21.[I-]. The molecule has 1 aromatic carbocycles. The zero-order valence-corrected chi connectivity index (χ0v) is 17.0. The third-order valence-electron chi connectivity index (χ3n) is 3.97. The molecule has 0 aliphatic heterocycles. The van der Waals surface area contributed by atoms with Crippen LogP contribution in [0, 0.1) is 6.92 Å². The zero-order chi connectivity index (χ0) is 16.3. The van der Waals surface area contributed by atoms with Crippen molar-refractivity contribution >= 4 is 40.2 Å². The van der Waals surface area contributed by atoms with Gasteiger partial charge in [-0.1, -0.05) is 23.2 Å². The molecular formula is C16H21Cl2IN2O2. The Kier molecular flexibility index (Phi) is 8.10. The van der Waals surface area contributed by atoms with Crippen molar-refractivity contribution in [1.29, 1.82) is 0 Å². The van der Waals surface area contributed by atoms with Crippen molar-refractivity contribution in [2.24, 2.45) is 0 Å². The highest BCUT2D eigenvalue weighted by molar-refractivity contribution is 6.42. The fourth-order valence-corrected chi connectivity index (χ4v) is 3.17. The fraction of sp³-hybridized carbons (Fsp3) is 0.500. The molecule has 0 bridgehead atoms. The highest BCUT2D eigenvalue weighted by atomic mass is 127. The molecule has 128 valence electrons. The molecule has 0 unspecified atom stereocenters. The lowest BCUT2D eigenvalue weighted by atomic mass is 10.2. The van der Waals surface area contributed by atoms with Crippen LogP contribution in [0.3, 0.4) is 0 Å². The van der Waals surface area contributed by atoms with Crippen LogP contribution in [0.25, 0.3) is 11.0 Å². The van der Waals surface area contributed by atoms with Crippen molar-refractivity contribution in [3.8, 4) is 0 Å². The van der Waals surface area contributed by atoms with Crippen molar-refractivity contribution in [2.45, 2.75) is 52.6 Å². The van der Waals surface area contributed by atoms with Crippen LogP contribution in [0.2, 0.25) is 10.0 Å². The van der Waals surface area contributed by atoms with E-state index in [1.165, 1.54) is 0 Å². The predicted octanol–water partition coefficient (Wildman–Crippen LogP) is 1.21. The Labute approximate surface area is 163 Å². The van der Waals surface area contributed by atoms with Crippen LogP contribution in [-0.2, 0) is 17.9 Å². The van der Waals surface area contributed by atoms with E-state index in [0.29, 0.717) is 16.5 Å². The summed E-state index contributed by atoms with van der Waals surface area (Å²) < 4.78 is 4.45. The second kappa shape index (κ2) is 9.08. The summed E-state index contributed by atoms with van der Waals surface area (Å²) in [7, 11) is 0. The molecule has 0 amide bonds. The third kappa shape index (κ3) is 4.73. The minimum atomic E-state index is -0.729. The molecule has 0 saturated carbocycles. The molecule has 23 heavy (non-hydrogen) atoms. The first-order chi connectivity index (χ1) is 10.5. The molecule has 4 nitrogen and oxygen atoms in total. The van der Waals surface area contributed by atoms with Crippen LogP contribution < -0.4 is 28.5 Å². The Balaban J connectivity index is 0.00000264. The van der Waals surface area contributed by atoms with Crippen LogP contribution in [0.15, 0.2) is 12.1 Å². The van der Waals surface area contributed by atoms with Gasteiger partial charge >= 0.3 is 5.97 Å². The summed E-state index contributed by atoms with van der Waals surface area (Å²) in [5.74, 6) is 0.432. The number of carboxylic acids is 1. The fourth-order valence-electron chi connectivity index (χ4n) is 2.86.